The van der Waals surface area contributed by atoms with Crippen molar-refractivity contribution in [2.24, 2.45) is 5.92 Å². The maximum atomic E-state index is 11.6. The average molecular weight is 167 g/mol. The fourth-order valence-electron chi connectivity index (χ4n) is 1.78. The van der Waals surface area contributed by atoms with E-state index in [0.29, 0.717) is 12.2 Å². The summed E-state index contributed by atoms with van der Waals surface area (Å²) >= 11 is 0. The quantitative estimate of drug-likeness (QED) is 0.603. The zero-order chi connectivity index (χ0) is 8.72. The van der Waals surface area contributed by atoms with Gasteiger partial charge in [0.1, 0.15) is 0 Å². The first-order valence-corrected chi connectivity index (χ1v) is 4.49. The number of likely N-dealkylation sites (N-methyl/N-ethyl adjacent to an activating group) is 1. The van der Waals surface area contributed by atoms with Crippen molar-refractivity contribution >= 4 is 11.7 Å². The van der Waals surface area contributed by atoms with Crippen molar-refractivity contribution in [2.75, 3.05) is 7.05 Å². The molecule has 0 aromatic rings. The second kappa shape index (κ2) is 2.57. The Kier molecular flexibility index (Phi) is 1.67. The second-order valence-corrected chi connectivity index (χ2v) is 3.74. The Hall–Kier alpha value is -0.860. The van der Waals surface area contributed by atoms with Crippen LogP contribution in [-0.4, -0.2) is 29.7 Å². The molecule has 1 amide bonds. The number of carbonyl (C=O) groups excluding carboxylic acids is 2. The Morgan fingerprint density at radius 1 is 1.42 bits per heavy atom. The number of Topliss-reactive ketones (excluding diaryl/α,β-unsaturated/α-hetero) is 1. The minimum absolute atomic E-state index is 0.0926. The van der Waals surface area contributed by atoms with Gasteiger partial charge in [-0.05, 0) is 19.3 Å². The van der Waals surface area contributed by atoms with Crippen molar-refractivity contribution < 1.29 is 9.59 Å². The lowest BCUT2D eigenvalue weighted by molar-refractivity contribution is -0.133. The van der Waals surface area contributed by atoms with Gasteiger partial charge in [0.25, 0.3) is 0 Å². The molecular formula is C9H13NO2. The molecule has 0 N–H and O–H groups in total. The molecule has 0 aromatic carbocycles. The lowest BCUT2D eigenvalue weighted by Gasteiger charge is -2.17. The van der Waals surface area contributed by atoms with Gasteiger partial charge >= 0.3 is 0 Å². The number of likely N-dealkylation sites (tertiary alicyclic amines) is 1. The van der Waals surface area contributed by atoms with E-state index in [4.69, 9.17) is 0 Å². The van der Waals surface area contributed by atoms with Crippen LogP contribution in [0.2, 0.25) is 0 Å². The number of carbonyl (C=O) groups is 2. The lowest BCUT2D eigenvalue weighted by Crippen LogP contribution is -2.36. The molecule has 3 nitrogen and oxygen atoms in total. The van der Waals surface area contributed by atoms with Gasteiger partial charge in [-0.3, -0.25) is 9.59 Å². The third-order valence-electron chi connectivity index (χ3n) is 2.80. The zero-order valence-electron chi connectivity index (χ0n) is 7.25. The number of amides is 1. The van der Waals surface area contributed by atoms with E-state index in [0.717, 1.165) is 19.3 Å². The average Bonchev–Trinajstić information content (AvgIpc) is 2.82. The Morgan fingerprint density at radius 2 is 2.08 bits per heavy atom. The highest BCUT2D eigenvalue weighted by Crippen LogP contribution is 2.34. The first-order valence-electron chi connectivity index (χ1n) is 4.49. The van der Waals surface area contributed by atoms with E-state index in [9.17, 15) is 9.59 Å². The van der Waals surface area contributed by atoms with Crippen LogP contribution in [0.5, 0.6) is 0 Å². The van der Waals surface area contributed by atoms with Crippen LogP contribution >= 0.6 is 0 Å². The fourth-order valence-corrected chi connectivity index (χ4v) is 1.78. The minimum atomic E-state index is -0.0926. The lowest BCUT2D eigenvalue weighted by atomic mass is 10.1. The molecule has 0 aromatic heterocycles. The molecule has 0 bridgehead atoms. The van der Waals surface area contributed by atoms with Crippen LogP contribution in [0.3, 0.4) is 0 Å². The Morgan fingerprint density at radius 3 is 2.50 bits per heavy atom. The standard InChI is InChI=1S/C9H13NO2/c1-10-7(4-5-8(10)11)9(12)6-2-3-6/h6-7H,2-5H2,1H3. The van der Waals surface area contributed by atoms with E-state index in [1.165, 1.54) is 0 Å². The molecule has 66 valence electrons. The van der Waals surface area contributed by atoms with Gasteiger partial charge in [-0.15, -0.1) is 0 Å². The van der Waals surface area contributed by atoms with Gasteiger partial charge in [0.05, 0.1) is 6.04 Å². The van der Waals surface area contributed by atoms with Crippen LogP contribution in [0.25, 0.3) is 0 Å². The van der Waals surface area contributed by atoms with E-state index in [-0.39, 0.29) is 17.9 Å². The highest BCUT2D eigenvalue weighted by atomic mass is 16.2. The van der Waals surface area contributed by atoms with Gasteiger partial charge in [-0.2, -0.15) is 0 Å². The van der Waals surface area contributed by atoms with Gasteiger partial charge in [-0.1, -0.05) is 0 Å². The number of hydrogen-bond donors (Lipinski definition) is 0. The number of nitrogens with zero attached hydrogens (tertiary/aromatic N) is 1. The van der Waals surface area contributed by atoms with Crippen LogP contribution in [0.4, 0.5) is 0 Å². The molecule has 1 aliphatic carbocycles. The molecule has 1 atom stereocenters. The van der Waals surface area contributed by atoms with Gasteiger partial charge in [0, 0.05) is 19.4 Å². The monoisotopic (exact) mass is 167 g/mol. The Balaban J connectivity index is 2.03. The first kappa shape index (κ1) is 7.77. The summed E-state index contributed by atoms with van der Waals surface area (Å²) in [6.07, 6.45) is 3.37. The largest absolute Gasteiger partial charge is 0.336 e. The summed E-state index contributed by atoms with van der Waals surface area (Å²) in [4.78, 5) is 24.3. The molecule has 12 heavy (non-hydrogen) atoms. The van der Waals surface area contributed by atoms with Gasteiger partial charge in [0.15, 0.2) is 5.78 Å². The highest BCUT2D eigenvalue weighted by Gasteiger charge is 2.40. The maximum Gasteiger partial charge on any atom is 0.223 e. The summed E-state index contributed by atoms with van der Waals surface area (Å²) < 4.78 is 0. The van der Waals surface area contributed by atoms with Gasteiger partial charge < -0.3 is 4.90 Å². The van der Waals surface area contributed by atoms with Crippen molar-refractivity contribution in [3.05, 3.63) is 0 Å². The Labute approximate surface area is 71.7 Å². The van der Waals surface area contributed by atoms with E-state index in [1.807, 2.05) is 0 Å². The number of rotatable bonds is 2. The molecule has 1 aliphatic heterocycles. The maximum absolute atomic E-state index is 11.6. The van der Waals surface area contributed by atoms with Crippen LogP contribution < -0.4 is 0 Å². The van der Waals surface area contributed by atoms with E-state index in [1.54, 1.807) is 11.9 Å². The van der Waals surface area contributed by atoms with Crippen LogP contribution in [0.1, 0.15) is 25.7 Å². The van der Waals surface area contributed by atoms with Crippen molar-refractivity contribution in [3.63, 3.8) is 0 Å². The predicted molar refractivity (Wildman–Crippen MR) is 43.5 cm³/mol. The summed E-state index contributed by atoms with van der Waals surface area (Å²) in [5.74, 6) is 0.695. The molecule has 1 saturated carbocycles. The van der Waals surface area contributed by atoms with Gasteiger partial charge in [-0.25, -0.2) is 0 Å². The third-order valence-corrected chi connectivity index (χ3v) is 2.80. The molecule has 2 fully saturated rings. The molecule has 1 heterocycles. The second-order valence-electron chi connectivity index (χ2n) is 3.74. The minimum Gasteiger partial charge on any atom is -0.336 e. The molecule has 0 radical (unpaired) electrons. The molecule has 1 unspecified atom stereocenters. The molecular weight excluding hydrogens is 154 g/mol. The van der Waals surface area contributed by atoms with E-state index in [2.05, 4.69) is 0 Å². The van der Waals surface area contributed by atoms with Crippen molar-refractivity contribution in [1.82, 2.24) is 4.90 Å². The van der Waals surface area contributed by atoms with Crippen LogP contribution in [0.15, 0.2) is 0 Å². The van der Waals surface area contributed by atoms with Crippen molar-refractivity contribution in [3.8, 4) is 0 Å². The van der Waals surface area contributed by atoms with E-state index < -0.39 is 0 Å². The summed E-state index contributed by atoms with van der Waals surface area (Å²) in [7, 11) is 1.74. The topological polar surface area (TPSA) is 37.4 Å². The molecule has 0 spiro atoms. The summed E-state index contributed by atoms with van der Waals surface area (Å²) in [5, 5.41) is 0. The van der Waals surface area contributed by atoms with Crippen molar-refractivity contribution in [2.45, 2.75) is 31.7 Å². The van der Waals surface area contributed by atoms with Crippen LogP contribution in [0, 0.1) is 5.92 Å². The van der Waals surface area contributed by atoms with E-state index >= 15 is 0 Å². The van der Waals surface area contributed by atoms with Gasteiger partial charge in [0.2, 0.25) is 5.91 Å². The summed E-state index contributed by atoms with van der Waals surface area (Å²) in [5.41, 5.74) is 0. The Bertz CT molecular complexity index is 233. The zero-order valence-corrected chi connectivity index (χ0v) is 7.25. The SMILES string of the molecule is CN1C(=O)CCC1C(=O)C1CC1. The fraction of sp³-hybridized carbons (Fsp3) is 0.778. The molecule has 3 heteroatoms. The molecule has 1 saturated heterocycles. The summed E-state index contributed by atoms with van der Waals surface area (Å²) in [6, 6.07) is -0.0926. The predicted octanol–water partition coefficient (Wildman–Crippen LogP) is 0.586. The smallest absolute Gasteiger partial charge is 0.223 e. The summed E-state index contributed by atoms with van der Waals surface area (Å²) in [6.45, 7) is 0. The molecule has 2 aliphatic rings. The molecule has 2 rings (SSSR count). The highest BCUT2D eigenvalue weighted by molar-refractivity contribution is 5.94. The first-order chi connectivity index (χ1) is 5.70. The van der Waals surface area contributed by atoms with Crippen LogP contribution in [-0.2, 0) is 9.59 Å². The number of ketones is 1. The number of hydrogen-bond acceptors (Lipinski definition) is 2. The normalized spacial score (nSPS) is 29.6. The third kappa shape index (κ3) is 1.13. The van der Waals surface area contributed by atoms with Crippen molar-refractivity contribution in [1.29, 1.82) is 0 Å².